The van der Waals surface area contributed by atoms with Crippen LogP contribution in [-0.2, 0) is 20.9 Å². The maximum atomic E-state index is 13.8. The van der Waals surface area contributed by atoms with Crippen LogP contribution in [0.2, 0.25) is 0 Å². The van der Waals surface area contributed by atoms with Gasteiger partial charge in [-0.1, -0.05) is 62.8 Å². The molecule has 1 aromatic rings. The first-order valence-corrected chi connectivity index (χ1v) is 13.8. The number of nitrogens with zero attached hydrogens (tertiary/aromatic N) is 4. The zero-order valence-corrected chi connectivity index (χ0v) is 23.4. The summed E-state index contributed by atoms with van der Waals surface area (Å²) in [5.41, 5.74) is 0.929. The molecule has 0 aromatic heterocycles. The van der Waals surface area contributed by atoms with Gasteiger partial charge >= 0.3 is 12.1 Å². The second-order valence-electron chi connectivity index (χ2n) is 9.73. The molecule has 2 fully saturated rings. The largest absolute Gasteiger partial charge is 0.445 e. The Hall–Kier alpha value is -4.04. The Kier molecular flexibility index (Phi) is 11.4. The molecule has 2 N–H and O–H groups in total. The Bertz CT molecular complexity index is 1090. The van der Waals surface area contributed by atoms with E-state index < -0.39 is 24.3 Å². The molecule has 40 heavy (non-hydrogen) atoms. The van der Waals surface area contributed by atoms with Gasteiger partial charge in [0.05, 0.1) is 19.6 Å². The van der Waals surface area contributed by atoms with Crippen molar-refractivity contribution in [2.24, 2.45) is 0 Å². The van der Waals surface area contributed by atoms with Gasteiger partial charge in [0.2, 0.25) is 11.8 Å². The predicted molar refractivity (Wildman–Crippen MR) is 150 cm³/mol. The summed E-state index contributed by atoms with van der Waals surface area (Å²) in [5.74, 6) is 2.13. The van der Waals surface area contributed by atoms with Crippen LogP contribution in [0.1, 0.15) is 45.1 Å². The maximum absolute atomic E-state index is 13.8. The van der Waals surface area contributed by atoms with E-state index in [2.05, 4.69) is 23.1 Å². The number of rotatable bonds is 12. The third-order valence-electron chi connectivity index (χ3n) is 7.19. The Morgan fingerprint density at radius 1 is 1.20 bits per heavy atom. The number of amides is 5. The molecule has 2 aliphatic rings. The van der Waals surface area contributed by atoms with Gasteiger partial charge in [0.15, 0.2) is 0 Å². The van der Waals surface area contributed by atoms with Crippen molar-refractivity contribution < 1.29 is 23.9 Å². The normalized spacial score (nSPS) is 19.2. The number of hydrogen-bond acceptors (Lipinski definition) is 6. The average molecular weight is 553 g/mol. The van der Waals surface area contributed by atoms with E-state index in [1.165, 1.54) is 16.0 Å². The molecule has 2 aliphatic heterocycles. The average Bonchev–Trinajstić information content (AvgIpc) is 2.95. The van der Waals surface area contributed by atoms with Gasteiger partial charge in [0.25, 0.3) is 0 Å². The van der Waals surface area contributed by atoms with Gasteiger partial charge in [-0.3, -0.25) is 9.59 Å². The van der Waals surface area contributed by atoms with Crippen LogP contribution in [-0.4, -0.2) is 94.8 Å². The van der Waals surface area contributed by atoms with E-state index in [-0.39, 0.29) is 50.6 Å². The lowest BCUT2D eigenvalue weighted by Gasteiger charge is -2.56. The summed E-state index contributed by atoms with van der Waals surface area (Å²) >= 11 is 0. The first kappa shape index (κ1) is 30.5. The Labute approximate surface area is 236 Å². The molecule has 11 heteroatoms. The van der Waals surface area contributed by atoms with Crippen LogP contribution in [0.4, 0.5) is 9.59 Å². The summed E-state index contributed by atoms with van der Waals surface area (Å²) in [6.45, 7) is 8.32. The van der Waals surface area contributed by atoms with Gasteiger partial charge in [-0.05, 0) is 31.2 Å². The number of carbonyl (C=O) groups excluding carboxylic acids is 4. The van der Waals surface area contributed by atoms with E-state index in [4.69, 9.17) is 11.2 Å². The lowest BCUT2D eigenvalue weighted by Crippen LogP contribution is -2.77. The highest BCUT2D eigenvalue weighted by Gasteiger charge is 2.51. The minimum Gasteiger partial charge on any atom is -0.445 e. The molecule has 0 aliphatic carbocycles. The van der Waals surface area contributed by atoms with Gasteiger partial charge in [-0.2, -0.15) is 5.01 Å². The van der Waals surface area contributed by atoms with Crippen molar-refractivity contribution >= 4 is 23.9 Å². The number of piperazine rings is 1. The third kappa shape index (κ3) is 7.33. The SMILES string of the molecule is C#CCN1CC(=O)N2[C@@H](CCCNC(=O)OCC=C)C(=O)N(C(CC)CC)C[C@@H]2N1C(=O)NCc1ccccc1. The highest BCUT2D eigenvalue weighted by molar-refractivity contribution is 5.91. The Morgan fingerprint density at radius 2 is 1.93 bits per heavy atom. The van der Waals surface area contributed by atoms with Gasteiger partial charge in [0, 0.05) is 19.1 Å². The van der Waals surface area contributed by atoms with Crippen molar-refractivity contribution in [3.05, 3.63) is 48.6 Å². The molecule has 216 valence electrons. The summed E-state index contributed by atoms with van der Waals surface area (Å²) < 4.78 is 4.93. The Morgan fingerprint density at radius 3 is 2.58 bits per heavy atom. The van der Waals surface area contributed by atoms with Crippen molar-refractivity contribution in [1.29, 1.82) is 0 Å². The molecule has 0 bridgehead atoms. The molecule has 0 saturated carbocycles. The fourth-order valence-electron chi connectivity index (χ4n) is 5.26. The molecule has 2 saturated heterocycles. The number of urea groups is 1. The summed E-state index contributed by atoms with van der Waals surface area (Å²) in [5, 5.41) is 8.68. The van der Waals surface area contributed by atoms with E-state index in [1.54, 1.807) is 9.91 Å². The minimum absolute atomic E-state index is 0.0449. The first-order valence-electron chi connectivity index (χ1n) is 13.8. The predicted octanol–water partition coefficient (Wildman–Crippen LogP) is 2.31. The number of alkyl carbamates (subject to hydrolysis) is 1. The first-order chi connectivity index (χ1) is 19.4. The molecular weight excluding hydrogens is 512 g/mol. The number of carbonyl (C=O) groups is 4. The number of benzene rings is 1. The standard InChI is InChI=1S/C29H40N6O5/c1-5-17-32-21-26(36)34-24(15-12-16-30-29(39)40-18-6-2)27(37)33(23(7-3)8-4)20-25(34)35(32)28(38)31-19-22-13-10-9-11-14-22/h1,6,9-11,13-14,23-25H,2,7-8,12,15-21H2,3-4H3,(H,30,39)(H,31,38)/t24-,25-/m0/s1. The monoisotopic (exact) mass is 552 g/mol. The number of hydrazine groups is 1. The zero-order valence-electron chi connectivity index (χ0n) is 23.4. The lowest BCUT2D eigenvalue weighted by molar-refractivity contribution is -0.191. The quantitative estimate of drug-likeness (QED) is 0.234. The van der Waals surface area contributed by atoms with Gasteiger partial charge in [0.1, 0.15) is 18.8 Å². The summed E-state index contributed by atoms with van der Waals surface area (Å²) in [6, 6.07) is 8.30. The van der Waals surface area contributed by atoms with Crippen molar-refractivity contribution in [3.63, 3.8) is 0 Å². The summed E-state index contributed by atoms with van der Waals surface area (Å²) in [6.07, 6.45) is 8.01. The fraction of sp³-hybridized carbons (Fsp3) is 0.517. The minimum atomic E-state index is -0.782. The smallest absolute Gasteiger partial charge is 0.407 e. The van der Waals surface area contributed by atoms with Crippen LogP contribution in [0.15, 0.2) is 43.0 Å². The van der Waals surface area contributed by atoms with Crippen LogP contribution < -0.4 is 10.6 Å². The van der Waals surface area contributed by atoms with E-state index in [0.29, 0.717) is 19.4 Å². The fourth-order valence-corrected chi connectivity index (χ4v) is 5.26. The maximum Gasteiger partial charge on any atom is 0.407 e. The van der Waals surface area contributed by atoms with Crippen molar-refractivity contribution in [3.8, 4) is 12.3 Å². The zero-order chi connectivity index (χ0) is 29.1. The number of ether oxygens (including phenoxy) is 1. The molecular formula is C29H40N6O5. The molecule has 3 rings (SSSR count). The second-order valence-corrected chi connectivity index (χ2v) is 9.73. The van der Waals surface area contributed by atoms with Crippen molar-refractivity contribution in [1.82, 2.24) is 30.5 Å². The van der Waals surface area contributed by atoms with E-state index >= 15 is 0 Å². The van der Waals surface area contributed by atoms with Gasteiger partial charge < -0.3 is 25.2 Å². The van der Waals surface area contributed by atoms with Crippen LogP contribution >= 0.6 is 0 Å². The van der Waals surface area contributed by atoms with Crippen LogP contribution in [0.5, 0.6) is 0 Å². The Balaban J connectivity index is 1.86. The lowest BCUT2D eigenvalue weighted by atomic mass is 9.98. The molecule has 2 heterocycles. The highest BCUT2D eigenvalue weighted by Crippen LogP contribution is 2.30. The molecule has 1 aromatic carbocycles. The summed E-state index contributed by atoms with van der Waals surface area (Å²) in [4.78, 5) is 56.0. The van der Waals surface area contributed by atoms with E-state index in [9.17, 15) is 19.2 Å². The molecule has 0 unspecified atom stereocenters. The van der Waals surface area contributed by atoms with E-state index in [1.807, 2.05) is 44.2 Å². The highest BCUT2D eigenvalue weighted by atomic mass is 16.5. The van der Waals surface area contributed by atoms with Crippen molar-refractivity contribution in [2.75, 3.05) is 32.8 Å². The van der Waals surface area contributed by atoms with Crippen LogP contribution in [0.3, 0.4) is 0 Å². The second kappa shape index (κ2) is 14.9. The number of nitrogens with one attached hydrogen (secondary N) is 2. The van der Waals surface area contributed by atoms with Gasteiger partial charge in [-0.15, -0.1) is 6.42 Å². The third-order valence-corrected chi connectivity index (χ3v) is 7.19. The van der Waals surface area contributed by atoms with E-state index in [0.717, 1.165) is 18.4 Å². The molecule has 2 atom stereocenters. The number of terminal acetylenes is 1. The van der Waals surface area contributed by atoms with Crippen LogP contribution in [0, 0.1) is 12.3 Å². The molecule has 11 nitrogen and oxygen atoms in total. The topological polar surface area (TPSA) is 115 Å². The van der Waals surface area contributed by atoms with Crippen molar-refractivity contribution in [2.45, 2.75) is 64.3 Å². The summed E-state index contributed by atoms with van der Waals surface area (Å²) in [7, 11) is 0. The molecule has 0 radical (unpaired) electrons. The molecule has 0 spiro atoms. The number of fused-ring (bicyclic) bond motifs is 1. The van der Waals surface area contributed by atoms with Crippen LogP contribution in [0.25, 0.3) is 0 Å². The van der Waals surface area contributed by atoms with Gasteiger partial charge in [-0.25, -0.2) is 14.6 Å². The molecule has 5 amide bonds. The number of hydrogen-bond donors (Lipinski definition) is 2.